The van der Waals surface area contributed by atoms with Crippen molar-refractivity contribution < 1.29 is 23.9 Å². The second-order valence-electron chi connectivity index (χ2n) is 4.95. The van der Waals surface area contributed by atoms with Crippen LogP contribution in [0.1, 0.15) is 12.0 Å². The van der Waals surface area contributed by atoms with E-state index in [0.717, 1.165) is 0 Å². The number of benzene rings is 1. The van der Waals surface area contributed by atoms with Crippen molar-refractivity contribution in [2.75, 3.05) is 18.0 Å². The fourth-order valence-electron chi connectivity index (χ4n) is 2.24. The number of nitrogens with zero attached hydrogens (tertiary/aromatic N) is 1. The van der Waals surface area contributed by atoms with Crippen LogP contribution >= 0.6 is 0 Å². The summed E-state index contributed by atoms with van der Waals surface area (Å²) in [6.45, 7) is 1.28. The molecular formula is C14H15FN2O4. The van der Waals surface area contributed by atoms with Crippen LogP contribution in [-0.2, 0) is 14.4 Å². The van der Waals surface area contributed by atoms with Gasteiger partial charge in [-0.25, -0.2) is 4.39 Å². The SMILES string of the molecule is Cc1cc(N2C[C@H](C(=O)NCC(=O)O)CC2=O)ccc1F. The van der Waals surface area contributed by atoms with Crippen molar-refractivity contribution in [2.45, 2.75) is 13.3 Å². The standard InChI is InChI=1S/C14H15FN2O4/c1-8-4-10(2-3-11(8)15)17-7-9(5-12(17)18)14(21)16-6-13(19)20/h2-4,9H,5-7H2,1H3,(H,16,21)(H,19,20)/t9-/m1/s1. The van der Waals surface area contributed by atoms with E-state index in [9.17, 15) is 18.8 Å². The van der Waals surface area contributed by atoms with E-state index in [-0.39, 0.29) is 24.7 Å². The Kier molecular flexibility index (Phi) is 4.21. The van der Waals surface area contributed by atoms with Gasteiger partial charge in [0, 0.05) is 18.7 Å². The first-order valence-corrected chi connectivity index (χ1v) is 6.44. The van der Waals surface area contributed by atoms with Crippen LogP contribution in [0.25, 0.3) is 0 Å². The zero-order chi connectivity index (χ0) is 15.6. The summed E-state index contributed by atoms with van der Waals surface area (Å²) >= 11 is 0. The number of anilines is 1. The van der Waals surface area contributed by atoms with E-state index in [4.69, 9.17) is 5.11 Å². The topological polar surface area (TPSA) is 86.7 Å². The smallest absolute Gasteiger partial charge is 0.322 e. The lowest BCUT2D eigenvalue weighted by Gasteiger charge is -2.17. The van der Waals surface area contributed by atoms with Gasteiger partial charge < -0.3 is 15.3 Å². The number of carbonyl (C=O) groups excluding carboxylic acids is 2. The molecule has 1 aromatic carbocycles. The Morgan fingerprint density at radius 3 is 2.81 bits per heavy atom. The van der Waals surface area contributed by atoms with Gasteiger partial charge in [0.2, 0.25) is 11.8 Å². The molecule has 6 nitrogen and oxygen atoms in total. The minimum Gasteiger partial charge on any atom is -0.480 e. The van der Waals surface area contributed by atoms with Crippen LogP contribution in [0.2, 0.25) is 0 Å². The second-order valence-corrected chi connectivity index (χ2v) is 4.95. The summed E-state index contributed by atoms with van der Waals surface area (Å²) in [5.41, 5.74) is 0.950. The maximum absolute atomic E-state index is 13.2. The van der Waals surface area contributed by atoms with Gasteiger partial charge in [-0.2, -0.15) is 0 Å². The highest BCUT2D eigenvalue weighted by atomic mass is 19.1. The van der Waals surface area contributed by atoms with Crippen molar-refractivity contribution >= 4 is 23.5 Å². The number of amides is 2. The maximum Gasteiger partial charge on any atom is 0.322 e. The molecule has 0 saturated carbocycles. The number of rotatable bonds is 4. The molecule has 0 radical (unpaired) electrons. The second kappa shape index (κ2) is 5.90. The number of aryl methyl sites for hydroxylation is 1. The molecular weight excluding hydrogens is 279 g/mol. The van der Waals surface area contributed by atoms with Crippen molar-refractivity contribution in [3.05, 3.63) is 29.6 Å². The minimum atomic E-state index is -1.14. The summed E-state index contributed by atoms with van der Waals surface area (Å²) in [6.07, 6.45) is 0.0158. The molecule has 2 amide bonds. The van der Waals surface area contributed by atoms with Crippen LogP contribution in [-0.4, -0.2) is 36.0 Å². The van der Waals surface area contributed by atoms with Gasteiger partial charge >= 0.3 is 5.97 Å². The molecule has 1 heterocycles. The zero-order valence-electron chi connectivity index (χ0n) is 11.4. The molecule has 1 atom stereocenters. The Balaban J connectivity index is 2.07. The summed E-state index contributed by atoms with van der Waals surface area (Å²) in [4.78, 5) is 35.6. The molecule has 1 fully saturated rings. The minimum absolute atomic E-state index is 0.0158. The van der Waals surface area contributed by atoms with Crippen molar-refractivity contribution in [3.8, 4) is 0 Å². The van der Waals surface area contributed by atoms with Gasteiger partial charge in [0.25, 0.3) is 0 Å². The van der Waals surface area contributed by atoms with Crippen molar-refractivity contribution in [3.63, 3.8) is 0 Å². The normalized spacial score (nSPS) is 17.9. The van der Waals surface area contributed by atoms with Crippen LogP contribution in [0.4, 0.5) is 10.1 Å². The molecule has 0 bridgehead atoms. The van der Waals surface area contributed by atoms with Crippen LogP contribution in [0.3, 0.4) is 0 Å². The van der Waals surface area contributed by atoms with Crippen LogP contribution in [0.15, 0.2) is 18.2 Å². The maximum atomic E-state index is 13.2. The molecule has 7 heteroatoms. The fraction of sp³-hybridized carbons (Fsp3) is 0.357. The molecule has 1 aliphatic rings. The Morgan fingerprint density at radius 2 is 2.19 bits per heavy atom. The molecule has 21 heavy (non-hydrogen) atoms. The zero-order valence-corrected chi connectivity index (χ0v) is 11.4. The third kappa shape index (κ3) is 3.36. The van der Waals surface area contributed by atoms with Gasteiger partial charge in [-0.15, -0.1) is 0 Å². The highest BCUT2D eigenvalue weighted by molar-refractivity contribution is 6.00. The van der Waals surface area contributed by atoms with E-state index >= 15 is 0 Å². The van der Waals surface area contributed by atoms with Gasteiger partial charge in [0.05, 0.1) is 5.92 Å². The summed E-state index contributed by atoms with van der Waals surface area (Å²) in [7, 11) is 0. The number of nitrogens with one attached hydrogen (secondary N) is 1. The van der Waals surface area contributed by atoms with Crippen LogP contribution in [0.5, 0.6) is 0 Å². The summed E-state index contributed by atoms with van der Waals surface area (Å²) in [6, 6.07) is 4.30. The molecule has 0 unspecified atom stereocenters. The number of hydrogen-bond donors (Lipinski definition) is 2. The fourth-order valence-corrected chi connectivity index (χ4v) is 2.24. The van der Waals surface area contributed by atoms with Crippen molar-refractivity contribution in [1.82, 2.24) is 5.32 Å². The predicted octanol–water partition coefficient (Wildman–Crippen LogP) is 0.688. The Bertz CT molecular complexity index is 603. The highest BCUT2D eigenvalue weighted by Gasteiger charge is 2.35. The van der Waals surface area contributed by atoms with E-state index < -0.39 is 24.3 Å². The average Bonchev–Trinajstić information content (AvgIpc) is 2.81. The number of aliphatic carboxylic acids is 1. The lowest BCUT2D eigenvalue weighted by molar-refractivity contribution is -0.138. The Hall–Kier alpha value is -2.44. The van der Waals surface area contributed by atoms with Gasteiger partial charge in [-0.1, -0.05) is 0 Å². The molecule has 2 rings (SSSR count). The first kappa shape index (κ1) is 15.0. The van der Waals surface area contributed by atoms with Crippen LogP contribution < -0.4 is 10.2 Å². The largest absolute Gasteiger partial charge is 0.480 e. The number of carboxylic acid groups (broad SMARTS) is 1. The predicted molar refractivity (Wildman–Crippen MR) is 72.2 cm³/mol. The van der Waals surface area contributed by atoms with Crippen LogP contribution in [0, 0.1) is 18.7 Å². The lowest BCUT2D eigenvalue weighted by Crippen LogP contribution is -2.36. The first-order valence-electron chi connectivity index (χ1n) is 6.44. The first-order chi connectivity index (χ1) is 9.88. The van der Waals surface area contributed by atoms with Gasteiger partial charge in [0.15, 0.2) is 0 Å². The molecule has 0 spiro atoms. The van der Waals surface area contributed by atoms with Gasteiger partial charge in [-0.05, 0) is 30.7 Å². The molecule has 1 aliphatic heterocycles. The molecule has 112 valence electrons. The number of halogens is 1. The number of hydrogen-bond acceptors (Lipinski definition) is 3. The van der Waals surface area contributed by atoms with Crippen molar-refractivity contribution in [2.24, 2.45) is 5.92 Å². The monoisotopic (exact) mass is 294 g/mol. The molecule has 1 saturated heterocycles. The van der Waals surface area contributed by atoms with E-state index in [2.05, 4.69) is 5.32 Å². The lowest BCUT2D eigenvalue weighted by atomic mass is 10.1. The van der Waals surface area contributed by atoms with Gasteiger partial charge in [-0.3, -0.25) is 14.4 Å². The molecule has 0 aromatic heterocycles. The summed E-state index contributed by atoms with van der Waals surface area (Å²) < 4.78 is 13.2. The van der Waals surface area contributed by atoms with E-state index in [0.29, 0.717) is 11.3 Å². The number of carboxylic acids is 1. The molecule has 2 N–H and O–H groups in total. The van der Waals surface area contributed by atoms with E-state index in [1.54, 1.807) is 13.0 Å². The molecule has 0 aliphatic carbocycles. The average molecular weight is 294 g/mol. The highest BCUT2D eigenvalue weighted by Crippen LogP contribution is 2.26. The van der Waals surface area contributed by atoms with E-state index in [1.807, 2.05) is 0 Å². The Morgan fingerprint density at radius 1 is 1.48 bits per heavy atom. The summed E-state index contributed by atoms with van der Waals surface area (Å²) in [5.74, 6) is -2.80. The number of carbonyl (C=O) groups is 3. The Labute approximate surface area is 120 Å². The third-order valence-corrected chi connectivity index (χ3v) is 3.36. The molecule has 1 aromatic rings. The van der Waals surface area contributed by atoms with Crippen molar-refractivity contribution in [1.29, 1.82) is 0 Å². The summed E-state index contributed by atoms with van der Waals surface area (Å²) in [5, 5.41) is 10.8. The van der Waals surface area contributed by atoms with Gasteiger partial charge in [0.1, 0.15) is 12.4 Å². The third-order valence-electron chi connectivity index (χ3n) is 3.36. The van der Waals surface area contributed by atoms with E-state index in [1.165, 1.54) is 17.0 Å². The quantitative estimate of drug-likeness (QED) is 0.855.